The first kappa shape index (κ1) is 13.0. The maximum absolute atomic E-state index is 4.38. The van der Waals surface area contributed by atoms with E-state index in [9.17, 15) is 0 Å². The van der Waals surface area contributed by atoms with Gasteiger partial charge in [0, 0.05) is 17.6 Å². The monoisotopic (exact) mass is 252 g/mol. The molecular weight excluding hydrogens is 228 g/mol. The third kappa shape index (κ3) is 3.52. The lowest BCUT2D eigenvalue weighted by Gasteiger charge is -2.32. The van der Waals surface area contributed by atoms with Gasteiger partial charge >= 0.3 is 0 Å². The maximum Gasteiger partial charge on any atom is 0.109 e. The zero-order valence-corrected chi connectivity index (χ0v) is 12.0. The van der Waals surface area contributed by atoms with Crippen molar-refractivity contribution in [2.45, 2.75) is 58.5 Å². The number of aromatic nitrogens is 1. The van der Waals surface area contributed by atoms with Crippen molar-refractivity contribution in [2.24, 2.45) is 11.8 Å². The number of nitrogens with one attached hydrogen (secondary N) is 1. The molecule has 1 aromatic rings. The van der Waals surface area contributed by atoms with Crippen molar-refractivity contribution in [3.05, 3.63) is 16.6 Å². The summed E-state index contributed by atoms with van der Waals surface area (Å²) in [7, 11) is 0. The Morgan fingerprint density at radius 3 is 2.47 bits per heavy atom. The lowest BCUT2D eigenvalue weighted by Crippen LogP contribution is -2.35. The Hall–Kier alpha value is -0.410. The topological polar surface area (TPSA) is 24.9 Å². The van der Waals surface area contributed by atoms with Crippen LogP contribution in [0.3, 0.4) is 0 Å². The van der Waals surface area contributed by atoms with E-state index in [0.717, 1.165) is 11.8 Å². The Bertz CT molecular complexity index is 313. The molecule has 0 bridgehead atoms. The van der Waals surface area contributed by atoms with Crippen LogP contribution in [-0.2, 0) is 0 Å². The summed E-state index contributed by atoms with van der Waals surface area (Å²) in [5.74, 6) is 1.80. The largest absolute Gasteiger partial charge is 0.305 e. The molecule has 2 nitrogen and oxygen atoms in total. The van der Waals surface area contributed by atoms with Crippen molar-refractivity contribution < 1.29 is 0 Å². The molecule has 1 saturated carbocycles. The van der Waals surface area contributed by atoms with Gasteiger partial charge in [-0.15, -0.1) is 11.3 Å². The number of rotatable bonds is 4. The van der Waals surface area contributed by atoms with Gasteiger partial charge < -0.3 is 5.32 Å². The van der Waals surface area contributed by atoms with Crippen LogP contribution in [0.5, 0.6) is 0 Å². The summed E-state index contributed by atoms with van der Waals surface area (Å²) in [6.45, 7) is 6.95. The van der Waals surface area contributed by atoms with Crippen molar-refractivity contribution in [1.82, 2.24) is 10.3 Å². The highest BCUT2D eigenvalue weighted by atomic mass is 32.1. The first-order valence-electron chi connectivity index (χ1n) is 6.82. The van der Waals surface area contributed by atoms with Gasteiger partial charge in [0.2, 0.25) is 0 Å². The minimum Gasteiger partial charge on any atom is -0.305 e. The van der Waals surface area contributed by atoms with E-state index < -0.39 is 0 Å². The molecule has 1 aliphatic carbocycles. The first-order chi connectivity index (χ1) is 8.16. The molecule has 96 valence electrons. The van der Waals surface area contributed by atoms with Crippen LogP contribution in [0.25, 0.3) is 0 Å². The Labute approximate surface area is 109 Å². The van der Waals surface area contributed by atoms with Gasteiger partial charge in [0.15, 0.2) is 0 Å². The average Bonchev–Trinajstić information content (AvgIpc) is 2.83. The summed E-state index contributed by atoms with van der Waals surface area (Å²) in [5, 5.41) is 7.01. The fraction of sp³-hybridized carbons (Fsp3) is 0.786. The fourth-order valence-corrected chi connectivity index (χ4v) is 3.48. The van der Waals surface area contributed by atoms with E-state index in [-0.39, 0.29) is 0 Å². The Morgan fingerprint density at radius 2 is 1.94 bits per heavy atom. The molecule has 0 radical (unpaired) electrons. The van der Waals surface area contributed by atoms with Crippen LogP contribution in [0.15, 0.2) is 11.6 Å². The molecule has 17 heavy (non-hydrogen) atoms. The zero-order chi connectivity index (χ0) is 12.3. The normalized spacial score (nSPS) is 27.3. The van der Waals surface area contributed by atoms with Crippen molar-refractivity contribution in [3.8, 4) is 0 Å². The van der Waals surface area contributed by atoms with Crippen LogP contribution in [0, 0.1) is 11.8 Å². The molecule has 3 heteroatoms. The molecule has 0 spiro atoms. The molecule has 0 amide bonds. The summed E-state index contributed by atoms with van der Waals surface area (Å²) in [5.41, 5.74) is 0. The van der Waals surface area contributed by atoms with Crippen LogP contribution in [0.1, 0.15) is 57.5 Å². The second-order valence-corrected chi connectivity index (χ2v) is 6.54. The van der Waals surface area contributed by atoms with Crippen LogP contribution >= 0.6 is 11.3 Å². The quantitative estimate of drug-likeness (QED) is 0.876. The second kappa shape index (κ2) is 5.96. The molecule has 2 rings (SSSR count). The number of thiazole rings is 1. The van der Waals surface area contributed by atoms with Gasteiger partial charge in [-0.3, -0.25) is 0 Å². The maximum atomic E-state index is 4.38. The average molecular weight is 252 g/mol. The molecule has 1 heterocycles. The van der Waals surface area contributed by atoms with Gasteiger partial charge in [-0.05, 0) is 44.4 Å². The minimum absolute atomic E-state index is 0.413. The summed E-state index contributed by atoms with van der Waals surface area (Å²) in [6.07, 6.45) is 7.34. The number of hydrogen-bond donors (Lipinski definition) is 1. The molecule has 1 unspecified atom stereocenters. The molecular formula is C14H24N2S. The summed E-state index contributed by atoms with van der Waals surface area (Å²) < 4.78 is 0. The third-order valence-electron chi connectivity index (χ3n) is 4.02. The van der Waals surface area contributed by atoms with E-state index in [1.54, 1.807) is 11.3 Å². The molecule has 1 atom stereocenters. The SMILES string of the molecule is CC(NC1CCC(C(C)C)CC1)c1nccs1. The predicted octanol–water partition coefficient (Wildman–Crippen LogP) is 4.01. The molecule has 1 N–H and O–H groups in total. The molecule has 1 fully saturated rings. The minimum atomic E-state index is 0.413. The van der Waals surface area contributed by atoms with Gasteiger partial charge in [0.25, 0.3) is 0 Å². The molecule has 0 saturated heterocycles. The van der Waals surface area contributed by atoms with Crippen molar-refractivity contribution in [2.75, 3.05) is 0 Å². The van der Waals surface area contributed by atoms with Gasteiger partial charge in [0.05, 0.1) is 6.04 Å². The lowest BCUT2D eigenvalue weighted by atomic mass is 9.79. The van der Waals surface area contributed by atoms with E-state index in [4.69, 9.17) is 0 Å². The van der Waals surface area contributed by atoms with E-state index in [2.05, 4.69) is 36.5 Å². The van der Waals surface area contributed by atoms with Gasteiger partial charge in [-0.1, -0.05) is 13.8 Å². The Morgan fingerprint density at radius 1 is 1.24 bits per heavy atom. The van der Waals surface area contributed by atoms with Crippen LogP contribution in [-0.4, -0.2) is 11.0 Å². The third-order valence-corrected chi connectivity index (χ3v) is 4.98. The molecule has 1 aliphatic rings. The van der Waals surface area contributed by atoms with Crippen molar-refractivity contribution >= 4 is 11.3 Å². The standard InChI is InChI=1S/C14H24N2S/c1-10(2)12-4-6-13(7-5-12)16-11(3)14-15-8-9-17-14/h8-13,16H,4-7H2,1-3H3. The lowest BCUT2D eigenvalue weighted by molar-refractivity contribution is 0.231. The Balaban J connectivity index is 1.78. The van der Waals surface area contributed by atoms with E-state index >= 15 is 0 Å². The van der Waals surface area contributed by atoms with Crippen molar-refractivity contribution in [1.29, 1.82) is 0 Å². The molecule has 0 aliphatic heterocycles. The zero-order valence-electron chi connectivity index (χ0n) is 11.1. The van der Waals surface area contributed by atoms with E-state index in [1.165, 1.54) is 30.7 Å². The molecule has 0 aromatic carbocycles. The fourth-order valence-electron chi connectivity index (χ4n) is 2.83. The first-order valence-corrected chi connectivity index (χ1v) is 7.70. The summed E-state index contributed by atoms with van der Waals surface area (Å²) in [6, 6.07) is 1.11. The van der Waals surface area contributed by atoms with Gasteiger partial charge in [0.1, 0.15) is 5.01 Å². The summed E-state index contributed by atoms with van der Waals surface area (Å²) >= 11 is 1.75. The molecule has 1 aromatic heterocycles. The van der Waals surface area contributed by atoms with Gasteiger partial charge in [-0.25, -0.2) is 4.98 Å². The van der Waals surface area contributed by atoms with E-state index in [1.807, 2.05) is 6.20 Å². The Kier molecular flexibility index (Phi) is 4.57. The highest BCUT2D eigenvalue weighted by Crippen LogP contribution is 2.31. The van der Waals surface area contributed by atoms with Gasteiger partial charge in [-0.2, -0.15) is 0 Å². The second-order valence-electron chi connectivity index (χ2n) is 5.61. The highest BCUT2D eigenvalue weighted by molar-refractivity contribution is 7.09. The number of hydrogen-bond acceptors (Lipinski definition) is 3. The van der Waals surface area contributed by atoms with Crippen molar-refractivity contribution in [3.63, 3.8) is 0 Å². The van der Waals surface area contributed by atoms with Crippen LogP contribution in [0.2, 0.25) is 0 Å². The predicted molar refractivity (Wildman–Crippen MR) is 74.2 cm³/mol. The summed E-state index contributed by atoms with van der Waals surface area (Å²) in [4.78, 5) is 4.38. The van der Waals surface area contributed by atoms with E-state index in [0.29, 0.717) is 12.1 Å². The smallest absolute Gasteiger partial charge is 0.109 e. The van der Waals surface area contributed by atoms with Crippen LogP contribution in [0.4, 0.5) is 0 Å². The highest BCUT2D eigenvalue weighted by Gasteiger charge is 2.24. The number of nitrogens with zero attached hydrogens (tertiary/aromatic N) is 1. The van der Waals surface area contributed by atoms with Crippen LogP contribution < -0.4 is 5.32 Å².